The van der Waals surface area contributed by atoms with Crippen LogP contribution in [0, 0.1) is 6.92 Å². The molecule has 4 aromatic rings. The van der Waals surface area contributed by atoms with Crippen molar-refractivity contribution in [2.24, 2.45) is 0 Å². The van der Waals surface area contributed by atoms with Crippen molar-refractivity contribution in [1.29, 1.82) is 0 Å². The number of aryl methyl sites for hydroxylation is 1. The highest BCUT2D eigenvalue weighted by molar-refractivity contribution is 5.85. The maximum atomic E-state index is 13.2. The molecule has 0 N–H and O–H groups in total. The Labute approximate surface area is 147 Å². The zero-order valence-electron chi connectivity index (χ0n) is 14.1. The van der Waals surface area contributed by atoms with Gasteiger partial charge in [-0.2, -0.15) is 0 Å². The van der Waals surface area contributed by atoms with Crippen LogP contribution in [0.25, 0.3) is 22.0 Å². The molecule has 0 spiro atoms. The lowest BCUT2D eigenvalue weighted by Crippen LogP contribution is -2.22. The van der Waals surface area contributed by atoms with E-state index in [-0.39, 0.29) is 5.56 Å². The molecule has 0 saturated carbocycles. The molecule has 4 rings (SSSR count). The third-order valence-electron chi connectivity index (χ3n) is 4.52. The van der Waals surface area contributed by atoms with Crippen LogP contribution in [0.1, 0.15) is 11.1 Å². The highest BCUT2D eigenvalue weighted by Gasteiger charge is 2.11. The summed E-state index contributed by atoms with van der Waals surface area (Å²) in [6.45, 7) is 2.64. The number of rotatable bonds is 3. The second-order valence-corrected chi connectivity index (χ2v) is 6.36. The molecule has 0 unspecified atom stereocenters. The number of benzene rings is 3. The van der Waals surface area contributed by atoms with E-state index >= 15 is 0 Å². The van der Waals surface area contributed by atoms with Crippen molar-refractivity contribution in [3.05, 3.63) is 106 Å². The maximum Gasteiger partial charge on any atom is 0.259 e. The first kappa shape index (κ1) is 15.4. The van der Waals surface area contributed by atoms with Crippen molar-refractivity contribution in [3.63, 3.8) is 0 Å². The van der Waals surface area contributed by atoms with Crippen molar-refractivity contribution < 1.29 is 0 Å². The molecule has 25 heavy (non-hydrogen) atoms. The Hall–Kier alpha value is -3.13. The van der Waals surface area contributed by atoms with Crippen LogP contribution in [0.3, 0.4) is 0 Å². The van der Waals surface area contributed by atoms with E-state index < -0.39 is 0 Å². The van der Waals surface area contributed by atoms with E-state index in [1.54, 1.807) is 0 Å². The summed E-state index contributed by atoms with van der Waals surface area (Å²) in [4.78, 5) is 13.2. The zero-order valence-corrected chi connectivity index (χ0v) is 14.1. The molecule has 0 aliphatic rings. The SMILES string of the molecule is Cc1cccc(-c2cc3ccccc3c(=O)n2Cc2ccccc2)c1. The third kappa shape index (κ3) is 2.99. The molecule has 0 aliphatic carbocycles. The highest BCUT2D eigenvalue weighted by atomic mass is 16.1. The molecule has 0 atom stereocenters. The first-order chi connectivity index (χ1) is 12.2. The predicted molar refractivity (Wildman–Crippen MR) is 104 cm³/mol. The van der Waals surface area contributed by atoms with E-state index in [1.807, 2.05) is 53.1 Å². The Morgan fingerprint density at radius 2 is 1.56 bits per heavy atom. The molecule has 2 heteroatoms. The highest BCUT2D eigenvalue weighted by Crippen LogP contribution is 2.24. The van der Waals surface area contributed by atoms with Crippen LogP contribution in [0.15, 0.2) is 89.7 Å². The molecule has 0 amide bonds. The van der Waals surface area contributed by atoms with Crippen LogP contribution in [0.2, 0.25) is 0 Å². The van der Waals surface area contributed by atoms with Crippen molar-refractivity contribution in [2.45, 2.75) is 13.5 Å². The monoisotopic (exact) mass is 325 g/mol. The van der Waals surface area contributed by atoms with Gasteiger partial charge in [0, 0.05) is 5.39 Å². The van der Waals surface area contributed by atoms with Gasteiger partial charge in [0.25, 0.3) is 5.56 Å². The van der Waals surface area contributed by atoms with Gasteiger partial charge in [0.2, 0.25) is 0 Å². The van der Waals surface area contributed by atoms with E-state index in [2.05, 4.69) is 43.3 Å². The minimum absolute atomic E-state index is 0.0541. The van der Waals surface area contributed by atoms with Gasteiger partial charge in [-0.05, 0) is 41.6 Å². The Balaban J connectivity index is 1.99. The quantitative estimate of drug-likeness (QED) is 0.518. The van der Waals surface area contributed by atoms with Crippen LogP contribution in [0.5, 0.6) is 0 Å². The first-order valence-corrected chi connectivity index (χ1v) is 8.46. The predicted octanol–water partition coefficient (Wildman–Crippen LogP) is 5.03. The molecule has 2 nitrogen and oxygen atoms in total. The lowest BCUT2D eigenvalue weighted by Gasteiger charge is -2.15. The van der Waals surface area contributed by atoms with Gasteiger partial charge in [0.15, 0.2) is 0 Å². The maximum absolute atomic E-state index is 13.2. The second-order valence-electron chi connectivity index (χ2n) is 6.36. The number of hydrogen-bond acceptors (Lipinski definition) is 1. The van der Waals surface area contributed by atoms with E-state index in [4.69, 9.17) is 0 Å². The zero-order chi connectivity index (χ0) is 17.2. The minimum atomic E-state index is 0.0541. The standard InChI is InChI=1S/C23H19NO/c1-17-8-7-12-20(14-17)22-15-19-11-5-6-13-21(19)23(25)24(22)16-18-9-3-2-4-10-18/h2-15H,16H2,1H3. The molecule has 0 aliphatic heterocycles. The summed E-state index contributed by atoms with van der Waals surface area (Å²) >= 11 is 0. The summed E-state index contributed by atoms with van der Waals surface area (Å²) in [5.41, 5.74) is 4.38. The molecule has 1 heterocycles. The van der Waals surface area contributed by atoms with Gasteiger partial charge in [0.1, 0.15) is 0 Å². The van der Waals surface area contributed by atoms with Crippen molar-refractivity contribution in [2.75, 3.05) is 0 Å². The van der Waals surface area contributed by atoms with Crippen LogP contribution in [-0.4, -0.2) is 4.57 Å². The average molecular weight is 325 g/mol. The fourth-order valence-electron chi connectivity index (χ4n) is 3.26. The summed E-state index contributed by atoms with van der Waals surface area (Å²) in [7, 11) is 0. The molecule has 0 radical (unpaired) electrons. The van der Waals surface area contributed by atoms with Gasteiger partial charge in [-0.3, -0.25) is 4.79 Å². The van der Waals surface area contributed by atoms with Crippen molar-refractivity contribution in [3.8, 4) is 11.3 Å². The number of fused-ring (bicyclic) bond motifs is 1. The Morgan fingerprint density at radius 1 is 0.800 bits per heavy atom. The van der Waals surface area contributed by atoms with E-state index in [9.17, 15) is 4.79 Å². The molecule has 0 saturated heterocycles. The fraction of sp³-hybridized carbons (Fsp3) is 0.0870. The normalized spacial score (nSPS) is 10.9. The molecule has 3 aromatic carbocycles. The topological polar surface area (TPSA) is 22.0 Å². The minimum Gasteiger partial charge on any atom is -0.303 e. The number of aromatic nitrogens is 1. The number of nitrogens with zero attached hydrogens (tertiary/aromatic N) is 1. The lowest BCUT2D eigenvalue weighted by molar-refractivity contribution is 0.777. The van der Waals surface area contributed by atoms with E-state index in [0.29, 0.717) is 6.54 Å². The van der Waals surface area contributed by atoms with E-state index in [1.165, 1.54) is 5.56 Å². The first-order valence-electron chi connectivity index (χ1n) is 8.46. The number of pyridine rings is 1. The Kier molecular flexibility index (Phi) is 3.95. The summed E-state index contributed by atoms with van der Waals surface area (Å²) in [5, 5.41) is 1.74. The average Bonchev–Trinajstić information content (AvgIpc) is 2.65. The summed E-state index contributed by atoms with van der Waals surface area (Å²) in [6.07, 6.45) is 0. The van der Waals surface area contributed by atoms with Gasteiger partial charge < -0.3 is 4.57 Å². The van der Waals surface area contributed by atoms with Crippen LogP contribution >= 0.6 is 0 Å². The Bertz CT molecular complexity index is 1090. The smallest absolute Gasteiger partial charge is 0.259 e. The molecule has 122 valence electrons. The summed E-state index contributed by atoms with van der Waals surface area (Å²) < 4.78 is 1.88. The molecule has 0 fully saturated rings. The van der Waals surface area contributed by atoms with Crippen LogP contribution in [0.4, 0.5) is 0 Å². The van der Waals surface area contributed by atoms with E-state index in [0.717, 1.165) is 27.6 Å². The van der Waals surface area contributed by atoms with Gasteiger partial charge in [-0.25, -0.2) is 0 Å². The van der Waals surface area contributed by atoms with Gasteiger partial charge in [-0.1, -0.05) is 72.3 Å². The Morgan fingerprint density at radius 3 is 2.36 bits per heavy atom. The van der Waals surface area contributed by atoms with Crippen LogP contribution < -0.4 is 5.56 Å². The van der Waals surface area contributed by atoms with Gasteiger partial charge in [-0.15, -0.1) is 0 Å². The fourth-order valence-corrected chi connectivity index (χ4v) is 3.26. The summed E-state index contributed by atoms with van der Waals surface area (Å²) in [5.74, 6) is 0. The third-order valence-corrected chi connectivity index (χ3v) is 4.52. The summed E-state index contributed by atoms with van der Waals surface area (Å²) in [6, 6.07) is 28.4. The van der Waals surface area contributed by atoms with Gasteiger partial charge in [0.05, 0.1) is 12.2 Å². The van der Waals surface area contributed by atoms with Crippen molar-refractivity contribution >= 4 is 10.8 Å². The second kappa shape index (κ2) is 6.40. The molecule has 1 aromatic heterocycles. The molecule has 0 bridgehead atoms. The largest absolute Gasteiger partial charge is 0.303 e. The van der Waals surface area contributed by atoms with Crippen LogP contribution in [-0.2, 0) is 6.54 Å². The molecular formula is C23H19NO. The lowest BCUT2D eigenvalue weighted by atomic mass is 10.0. The van der Waals surface area contributed by atoms with Gasteiger partial charge >= 0.3 is 0 Å². The number of hydrogen-bond donors (Lipinski definition) is 0. The molecular weight excluding hydrogens is 306 g/mol. The van der Waals surface area contributed by atoms with Crippen molar-refractivity contribution in [1.82, 2.24) is 4.57 Å².